The highest BCUT2D eigenvalue weighted by Gasteiger charge is 2.19. The number of benzene rings is 1. The third kappa shape index (κ3) is 9.36. The van der Waals surface area contributed by atoms with Crippen LogP contribution in [-0.4, -0.2) is 38.9 Å². The van der Waals surface area contributed by atoms with Gasteiger partial charge in [-0.15, -0.1) is 0 Å². The molecule has 1 aromatic rings. The molecule has 0 aliphatic carbocycles. The Hall–Kier alpha value is -1.88. The molecule has 1 rings (SSSR count). The summed E-state index contributed by atoms with van der Waals surface area (Å²) in [5, 5.41) is 0. The Labute approximate surface area is 169 Å². The van der Waals surface area contributed by atoms with E-state index in [9.17, 15) is 9.59 Å². The fourth-order valence-electron chi connectivity index (χ4n) is 3.04. The average molecular weight is 393 g/mol. The Kier molecular flexibility index (Phi) is 13.0. The first kappa shape index (κ1) is 24.2. The number of ether oxygens (including phenoxy) is 3. The van der Waals surface area contributed by atoms with Gasteiger partial charge in [0, 0.05) is 13.7 Å². The Morgan fingerprint density at radius 1 is 0.786 bits per heavy atom. The van der Waals surface area contributed by atoms with Crippen molar-refractivity contribution in [3.63, 3.8) is 0 Å². The van der Waals surface area contributed by atoms with E-state index < -0.39 is 11.9 Å². The number of carbonyl (C=O) groups is 2. The first-order valence-electron chi connectivity index (χ1n) is 10.6. The van der Waals surface area contributed by atoms with Crippen LogP contribution in [0, 0.1) is 5.92 Å². The van der Waals surface area contributed by atoms with Crippen molar-refractivity contribution in [2.24, 2.45) is 5.92 Å². The van der Waals surface area contributed by atoms with E-state index in [1.807, 2.05) is 0 Å². The number of methoxy groups -OCH3 is 1. The van der Waals surface area contributed by atoms with Crippen molar-refractivity contribution < 1.29 is 23.8 Å². The van der Waals surface area contributed by atoms with Gasteiger partial charge in [-0.25, -0.2) is 9.59 Å². The van der Waals surface area contributed by atoms with E-state index in [1.165, 1.54) is 0 Å². The van der Waals surface area contributed by atoms with Gasteiger partial charge in [-0.2, -0.15) is 0 Å². The normalized spacial score (nSPS) is 11.8. The average Bonchev–Trinajstić information content (AvgIpc) is 2.72. The summed E-state index contributed by atoms with van der Waals surface area (Å²) in [4.78, 5) is 24.8. The Morgan fingerprint density at radius 2 is 1.36 bits per heavy atom. The minimum Gasteiger partial charge on any atom is -0.462 e. The molecule has 1 atom stereocenters. The molecule has 0 bridgehead atoms. The summed E-state index contributed by atoms with van der Waals surface area (Å²) in [5.74, 6) is -0.460. The van der Waals surface area contributed by atoms with Crippen molar-refractivity contribution in [3.8, 4) is 0 Å². The van der Waals surface area contributed by atoms with Crippen molar-refractivity contribution in [2.75, 3.05) is 26.9 Å². The molecule has 0 spiro atoms. The van der Waals surface area contributed by atoms with Gasteiger partial charge in [-0.3, -0.25) is 0 Å². The van der Waals surface area contributed by atoms with Gasteiger partial charge in [0.05, 0.1) is 24.3 Å². The Bertz CT molecular complexity index is 562. The van der Waals surface area contributed by atoms with E-state index in [0.717, 1.165) is 58.0 Å². The number of rotatable bonds is 15. The molecule has 0 aliphatic heterocycles. The first-order chi connectivity index (χ1) is 13.6. The van der Waals surface area contributed by atoms with Gasteiger partial charge >= 0.3 is 11.9 Å². The third-order valence-corrected chi connectivity index (χ3v) is 4.80. The SMILES string of the molecule is CCCCCOC(=O)c1ccccc1C(=O)OCCC(CCCC)CCOC. The smallest absolute Gasteiger partial charge is 0.339 e. The maximum Gasteiger partial charge on any atom is 0.339 e. The van der Waals surface area contributed by atoms with Crippen LogP contribution in [0.1, 0.15) is 85.9 Å². The molecule has 0 saturated carbocycles. The second kappa shape index (κ2) is 15.1. The fraction of sp³-hybridized carbons (Fsp3) is 0.652. The lowest BCUT2D eigenvalue weighted by atomic mass is 9.96. The van der Waals surface area contributed by atoms with Crippen LogP contribution in [-0.2, 0) is 14.2 Å². The van der Waals surface area contributed by atoms with Gasteiger partial charge in [0.2, 0.25) is 0 Å². The van der Waals surface area contributed by atoms with Crippen molar-refractivity contribution in [2.45, 2.75) is 65.2 Å². The van der Waals surface area contributed by atoms with Gasteiger partial charge in [0.15, 0.2) is 0 Å². The van der Waals surface area contributed by atoms with E-state index in [2.05, 4.69) is 13.8 Å². The molecule has 0 amide bonds. The standard InChI is InChI=1S/C23H36O5/c1-4-6-10-16-27-22(24)20-12-8-9-13-21(20)23(25)28-18-15-19(11-7-5-2)14-17-26-3/h8-9,12-13,19H,4-7,10-11,14-18H2,1-3H3. The predicted molar refractivity (Wildman–Crippen MR) is 111 cm³/mol. The predicted octanol–water partition coefficient (Wildman–Crippen LogP) is 5.42. The maximum absolute atomic E-state index is 12.5. The summed E-state index contributed by atoms with van der Waals surface area (Å²) in [6.07, 6.45) is 8.09. The van der Waals surface area contributed by atoms with Gasteiger partial charge in [-0.05, 0) is 37.3 Å². The van der Waals surface area contributed by atoms with Crippen molar-refractivity contribution in [3.05, 3.63) is 35.4 Å². The highest BCUT2D eigenvalue weighted by Crippen LogP contribution is 2.18. The van der Waals surface area contributed by atoms with Crippen LogP contribution >= 0.6 is 0 Å². The number of unbranched alkanes of at least 4 members (excludes halogenated alkanes) is 3. The lowest BCUT2D eigenvalue weighted by molar-refractivity contribution is 0.0436. The van der Waals surface area contributed by atoms with E-state index in [-0.39, 0.29) is 11.1 Å². The molecule has 0 aromatic heterocycles. The summed E-state index contributed by atoms with van der Waals surface area (Å²) in [5.41, 5.74) is 0.538. The fourth-order valence-corrected chi connectivity index (χ4v) is 3.04. The number of carbonyl (C=O) groups excluding carboxylic acids is 2. The summed E-state index contributed by atoms with van der Waals surface area (Å²) < 4.78 is 15.9. The van der Waals surface area contributed by atoms with Crippen LogP contribution in [0.15, 0.2) is 24.3 Å². The van der Waals surface area contributed by atoms with Crippen LogP contribution in [0.25, 0.3) is 0 Å². The molecule has 0 heterocycles. The van der Waals surface area contributed by atoms with Gasteiger partial charge in [0.1, 0.15) is 0 Å². The number of esters is 2. The minimum atomic E-state index is -0.470. The lowest BCUT2D eigenvalue weighted by Gasteiger charge is -2.16. The highest BCUT2D eigenvalue weighted by atomic mass is 16.5. The summed E-state index contributed by atoms with van der Waals surface area (Å²) in [6, 6.07) is 6.68. The summed E-state index contributed by atoms with van der Waals surface area (Å²) in [7, 11) is 1.70. The Morgan fingerprint density at radius 3 is 1.93 bits per heavy atom. The zero-order chi connectivity index (χ0) is 20.6. The van der Waals surface area contributed by atoms with E-state index >= 15 is 0 Å². The van der Waals surface area contributed by atoms with Crippen LogP contribution in [0.4, 0.5) is 0 Å². The molecule has 0 N–H and O–H groups in total. The quantitative estimate of drug-likeness (QED) is 0.294. The van der Waals surface area contributed by atoms with E-state index in [4.69, 9.17) is 14.2 Å². The molecular formula is C23H36O5. The number of hydrogen-bond acceptors (Lipinski definition) is 5. The molecule has 158 valence electrons. The molecule has 0 aliphatic rings. The second-order valence-electron chi connectivity index (χ2n) is 7.10. The van der Waals surface area contributed by atoms with Crippen LogP contribution in [0.3, 0.4) is 0 Å². The summed E-state index contributed by atoms with van der Waals surface area (Å²) in [6.45, 7) is 5.70. The molecule has 1 aromatic carbocycles. The minimum absolute atomic E-state index is 0.269. The number of hydrogen-bond donors (Lipinski definition) is 0. The molecule has 1 unspecified atom stereocenters. The van der Waals surface area contributed by atoms with Gasteiger partial charge in [0.25, 0.3) is 0 Å². The monoisotopic (exact) mass is 392 g/mol. The molecule has 0 radical (unpaired) electrons. The molecule has 28 heavy (non-hydrogen) atoms. The van der Waals surface area contributed by atoms with E-state index in [1.54, 1.807) is 31.4 Å². The molecule has 5 nitrogen and oxygen atoms in total. The molecule has 0 fully saturated rings. The molecule has 0 saturated heterocycles. The zero-order valence-corrected chi connectivity index (χ0v) is 17.7. The topological polar surface area (TPSA) is 61.8 Å². The molecular weight excluding hydrogens is 356 g/mol. The Balaban J connectivity index is 2.57. The van der Waals surface area contributed by atoms with Crippen molar-refractivity contribution in [1.82, 2.24) is 0 Å². The highest BCUT2D eigenvalue weighted by molar-refractivity contribution is 6.03. The largest absolute Gasteiger partial charge is 0.462 e. The second-order valence-corrected chi connectivity index (χ2v) is 7.10. The maximum atomic E-state index is 12.5. The zero-order valence-electron chi connectivity index (χ0n) is 17.7. The van der Waals surface area contributed by atoms with Crippen LogP contribution in [0.5, 0.6) is 0 Å². The van der Waals surface area contributed by atoms with E-state index in [0.29, 0.717) is 19.1 Å². The van der Waals surface area contributed by atoms with Gasteiger partial charge < -0.3 is 14.2 Å². The third-order valence-electron chi connectivity index (χ3n) is 4.80. The van der Waals surface area contributed by atoms with Crippen LogP contribution in [0.2, 0.25) is 0 Å². The van der Waals surface area contributed by atoms with Gasteiger partial charge in [-0.1, -0.05) is 58.1 Å². The first-order valence-corrected chi connectivity index (χ1v) is 10.6. The van der Waals surface area contributed by atoms with Crippen LogP contribution < -0.4 is 0 Å². The van der Waals surface area contributed by atoms with Crippen molar-refractivity contribution >= 4 is 11.9 Å². The molecule has 5 heteroatoms. The van der Waals surface area contributed by atoms with Crippen molar-refractivity contribution in [1.29, 1.82) is 0 Å². The lowest BCUT2D eigenvalue weighted by Crippen LogP contribution is -2.16. The summed E-state index contributed by atoms with van der Waals surface area (Å²) >= 11 is 0.